The van der Waals surface area contributed by atoms with Crippen molar-refractivity contribution in [1.29, 1.82) is 0 Å². The minimum atomic E-state index is -0.830. The first-order valence-electron chi connectivity index (χ1n) is 28.1. The summed E-state index contributed by atoms with van der Waals surface area (Å²) in [7, 11) is 0. The van der Waals surface area contributed by atoms with Gasteiger partial charge in [0.1, 0.15) is 13.2 Å². The highest BCUT2D eigenvalue weighted by Crippen LogP contribution is 2.11. The molecule has 1 unspecified atom stereocenters. The Morgan fingerprint density at radius 1 is 0.292 bits per heavy atom. The van der Waals surface area contributed by atoms with E-state index in [9.17, 15) is 14.4 Å². The van der Waals surface area contributed by atoms with Crippen molar-refractivity contribution < 1.29 is 28.6 Å². The fourth-order valence-electron chi connectivity index (χ4n) is 6.83. The summed E-state index contributed by atoms with van der Waals surface area (Å²) in [5.41, 5.74) is 0. The van der Waals surface area contributed by atoms with Crippen molar-refractivity contribution in [2.24, 2.45) is 0 Å². The molecule has 0 heterocycles. The molecule has 400 valence electrons. The van der Waals surface area contributed by atoms with Crippen LogP contribution < -0.4 is 0 Å². The molecule has 0 aromatic carbocycles. The Hall–Kier alpha value is -5.23. The van der Waals surface area contributed by atoms with Crippen molar-refractivity contribution in [3.05, 3.63) is 170 Å². The van der Waals surface area contributed by atoms with Crippen LogP contribution in [-0.4, -0.2) is 37.2 Å². The van der Waals surface area contributed by atoms with Gasteiger partial charge < -0.3 is 14.2 Å². The predicted molar refractivity (Wildman–Crippen MR) is 311 cm³/mol. The van der Waals surface area contributed by atoms with E-state index in [4.69, 9.17) is 14.2 Å². The maximum atomic E-state index is 12.7. The summed E-state index contributed by atoms with van der Waals surface area (Å²) in [5, 5.41) is 0. The molecule has 0 aromatic heterocycles. The zero-order valence-corrected chi connectivity index (χ0v) is 45.6. The Morgan fingerprint density at radius 2 is 0.569 bits per heavy atom. The maximum Gasteiger partial charge on any atom is 0.306 e. The number of ether oxygens (including phenoxy) is 3. The van der Waals surface area contributed by atoms with Crippen LogP contribution in [0.4, 0.5) is 0 Å². The molecule has 0 rings (SSSR count). The second kappa shape index (κ2) is 58.3. The average molecular weight is 990 g/mol. The molecule has 0 spiro atoms. The van der Waals surface area contributed by atoms with Crippen LogP contribution >= 0.6 is 0 Å². The standard InChI is InChI=1S/C66H100O6/c1-4-7-10-13-16-18-20-22-23-24-25-26-27-28-29-30-31-32-33-34-35-36-37-38-39-40-41-42-43-45-46-48-50-53-56-59-65(68)71-62-63(61-70-64(67)58-55-52-15-12-9-6-3)72-66(69)60-57-54-51-49-47-44-21-19-17-14-11-8-5-2/h7-8,10-11,16-19,22-23,25-26,28-29,31-32,34-35,37-38,40-41,43-45,47,51,54,63H,4-6,9,12-15,20-21,24,27,30,33,36,39,42,46,48-50,52-53,55-62H2,1-3H3/b10-7-,11-8-,18-16-,19-17-,23-22-,26-25-,29-28-,32-31-,35-34-,38-37-,41-40-,45-43-,47-44-,54-51-. The third-order valence-electron chi connectivity index (χ3n) is 11.0. The molecular weight excluding hydrogens is 889 g/mol. The van der Waals surface area contributed by atoms with Crippen molar-refractivity contribution in [3.63, 3.8) is 0 Å². The first-order chi connectivity index (χ1) is 35.5. The molecule has 6 heteroatoms. The zero-order valence-electron chi connectivity index (χ0n) is 45.6. The van der Waals surface area contributed by atoms with Gasteiger partial charge in [-0.15, -0.1) is 0 Å². The van der Waals surface area contributed by atoms with Gasteiger partial charge in [-0.1, -0.05) is 236 Å². The summed E-state index contributed by atoms with van der Waals surface area (Å²) in [4.78, 5) is 37.7. The molecular formula is C66H100O6. The summed E-state index contributed by atoms with van der Waals surface area (Å²) in [6.07, 6.45) is 86.9. The molecule has 0 aliphatic heterocycles. The average Bonchev–Trinajstić information content (AvgIpc) is 3.38. The van der Waals surface area contributed by atoms with Gasteiger partial charge in [-0.2, -0.15) is 0 Å². The van der Waals surface area contributed by atoms with Gasteiger partial charge in [-0.05, 0) is 122 Å². The monoisotopic (exact) mass is 989 g/mol. The van der Waals surface area contributed by atoms with Gasteiger partial charge in [-0.3, -0.25) is 14.4 Å². The summed E-state index contributed by atoms with van der Waals surface area (Å²) < 4.78 is 16.6. The molecule has 0 aromatic rings. The lowest BCUT2D eigenvalue weighted by Crippen LogP contribution is -2.30. The first kappa shape index (κ1) is 66.8. The smallest absolute Gasteiger partial charge is 0.306 e. The highest BCUT2D eigenvalue weighted by atomic mass is 16.6. The molecule has 0 saturated heterocycles. The Kier molecular flexibility index (Phi) is 54.1. The molecule has 0 amide bonds. The first-order valence-corrected chi connectivity index (χ1v) is 28.1. The second-order valence-electron chi connectivity index (χ2n) is 17.7. The number of unbranched alkanes of at least 4 members (excludes halogenated alkanes) is 9. The molecule has 0 fully saturated rings. The van der Waals surface area contributed by atoms with E-state index in [0.29, 0.717) is 19.3 Å². The van der Waals surface area contributed by atoms with Gasteiger partial charge in [0.15, 0.2) is 6.10 Å². The lowest BCUT2D eigenvalue weighted by Gasteiger charge is -2.18. The van der Waals surface area contributed by atoms with E-state index >= 15 is 0 Å². The van der Waals surface area contributed by atoms with Crippen LogP contribution in [0, 0.1) is 0 Å². The van der Waals surface area contributed by atoms with E-state index in [1.165, 1.54) is 19.3 Å². The molecule has 0 aliphatic rings. The van der Waals surface area contributed by atoms with Crippen LogP contribution in [0.5, 0.6) is 0 Å². The Morgan fingerprint density at radius 3 is 0.903 bits per heavy atom. The fraction of sp³-hybridized carbons (Fsp3) is 0.530. The van der Waals surface area contributed by atoms with Gasteiger partial charge >= 0.3 is 17.9 Å². The van der Waals surface area contributed by atoms with Crippen molar-refractivity contribution in [2.45, 2.75) is 213 Å². The van der Waals surface area contributed by atoms with E-state index < -0.39 is 12.1 Å². The topological polar surface area (TPSA) is 78.9 Å². The predicted octanol–water partition coefficient (Wildman–Crippen LogP) is 19.1. The normalized spacial score (nSPS) is 13.4. The quantitative estimate of drug-likeness (QED) is 0.0262. The summed E-state index contributed by atoms with van der Waals surface area (Å²) in [5.74, 6) is -1.06. The molecule has 0 aliphatic carbocycles. The van der Waals surface area contributed by atoms with Crippen LogP contribution in [0.15, 0.2) is 170 Å². The molecule has 72 heavy (non-hydrogen) atoms. The summed E-state index contributed by atoms with van der Waals surface area (Å²) >= 11 is 0. The van der Waals surface area contributed by atoms with Crippen molar-refractivity contribution in [2.75, 3.05) is 13.2 Å². The van der Waals surface area contributed by atoms with Crippen LogP contribution in [0.1, 0.15) is 207 Å². The highest BCUT2D eigenvalue weighted by molar-refractivity contribution is 5.71. The maximum absolute atomic E-state index is 12.7. The van der Waals surface area contributed by atoms with Gasteiger partial charge in [0, 0.05) is 19.3 Å². The van der Waals surface area contributed by atoms with E-state index in [1.807, 2.05) is 12.2 Å². The van der Waals surface area contributed by atoms with E-state index in [1.54, 1.807) is 0 Å². The second-order valence-corrected chi connectivity index (χ2v) is 17.7. The van der Waals surface area contributed by atoms with Crippen molar-refractivity contribution >= 4 is 17.9 Å². The van der Waals surface area contributed by atoms with Crippen LogP contribution in [-0.2, 0) is 28.6 Å². The third-order valence-corrected chi connectivity index (χ3v) is 11.0. The van der Waals surface area contributed by atoms with Crippen molar-refractivity contribution in [3.8, 4) is 0 Å². The summed E-state index contributed by atoms with van der Waals surface area (Å²) in [6, 6.07) is 0. The van der Waals surface area contributed by atoms with Crippen LogP contribution in [0.2, 0.25) is 0 Å². The number of carbonyl (C=O) groups is 3. The molecule has 0 N–H and O–H groups in total. The third kappa shape index (κ3) is 55.7. The Labute approximate surface area is 441 Å². The number of rotatable bonds is 48. The minimum Gasteiger partial charge on any atom is -0.462 e. The molecule has 0 saturated carbocycles. The van der Waals surface area contributed by atoms with Gasteiger partial charge in [0.05, 0.1) is 0 Å². The van der Waals surface area contributed by atoms with E-state index in [2.05, 4.69) is 179 Å². The summed E-state index contributed by atoms with van der Waals surface area (Å²) in [6.45, 7) is 6.22. The largest absolute Gasteiger partial charge is 0.462 e. The fourth-order valence-corrected chi connectivity index (χ4v) is 6.83. The van der Waals surface area contributed by atoms with Crippen LogP contribution in [0.3, 0.4) is 0 Å². The van der Waals surface area contributed by atoms with Gasteiger partial charge in [0.25, 0.3) is 0 Å². The van der Waals surface area contributed by atoms with Gasteiger partial charge in [0.2, 0.25) is 0 Å². The molecule has 6 nitrogen and oxygen atoms in total. The highest BCUT2D eigenvalue weighted by Gasteiger charge is 2.19. The number of hydrogen-bond acceptors (Lipinski definition) is 6. The number of allylic oxidation sites excluding steroid dienone is 28. The Bertz CT molecular complexity index is 1700. The number of esters is 3. The molecule has 0 radical (unpaired) electrons. The number of hydrogen-bond donors (Lipinski definition) is 0. The lowest BCUT2D eigenvalue weighted by molar-refractivity contribution is -0.166. The van der Waals surface area contributed by atoms with E-state index in [-0.39, 0.29) is 31.6 Å². The van der Waals surface area contributed by atoms with Gasteiger partial charge in [-0.25, -0.2) is 0 Å². The Balaban J connectivity index is 4.22. The zero-order chi connectivity index (χ0) is 52.2. The molecule has 0 bridgehead atoms. The van der Waals surface area contributed by atoms with Crippen molar-refractivity contribution in [1.82, 2.24) is 0 Å². The van der Waals surface area contributed by atoms with E-state index in [0.717, 1.165) is 141 Å². The lowest BCUT2D eigenvalue weighted by atomic mass is 10.1. The SMILES string of the molecule is CC/C=C\C/C=C\C/C=C\C/C=C\C/C=C\C/C=C\C/C=C\C/C=C\C/C=C\C/C=C\CCCCCCC(=O)OCC(COC(=O)CCCCCCCC)OC(=O)CC/C=C\C/C=C\C/C=C\C/C=C\CC. The molecule has 1 atom stereocenters. The minimum absolute atomic E-state index is 0.122. The number of carbonyl (C=O) groups excluding carboxylic acids is 3. The van der Waals surface area contributed by atoms with Crippen LogP contribution in [0.25, 0.3) is 0 Å².